The smallest absolute Gasteiger partial charge is 0.218 e. The third-order valence-electron chi connectivity index (χ3n) is 4.30. The molecule has 5 nitrogen and oxygen atoms in total. The summed E-state index contributed by atoms with van der Waals surface area (Å²) in [6.45, 7) is 1.63. The minimum absolute atomic E-state index is 0.0874. The normalized spacial score (nSPS) is 26.7. The minimum atomic E-state index is -3.28. The van der Waals surface area contributed by atoms with Crippen molar-refractivity contribution in [2.24, 2.45) is 0 Å². The molecule has 2 N–H and O–H groups in total. The standard InChI is InChI=1S/C13H26N2O3S/c16-10-9-15(12-5-2-1-3-6-12)19(17,18)13-7-4-8-14-11-13/h12-14,16H,1-11H2. The Hall–Kier alpha value is -0.170. The van der Waals surface area contributed by atoms with E-state index in [1.165, 1.54) is 6.42 Å². The molecule has 0 bridgehead atoms. The van der Waals surface area contributed by atoms with Crippen molar-refractivity contribution in [3.05, 3.63) is 0 Å². The zero-order chi connectivity index (χ0) is 13.7. The van der Waals surface area contributed by atoms with Crippen LogP contribution >= 0.6 is 0 Å². The molecule has 1 aliphatic carbocycles. The third kappa shape index (κ3) is 3.68. The average Bonchev–Trinajstić information content (AvgIpc) is 2.46. The highest BCUT2D eigenvalue weighted by atomic mass is 32.2. The van der Waals surface area contributed by atoms with Crippen LogP contribution in [-0.4, -0.2) is 55.4 Å². The van der Waals surface area contributed by atoms with E-state index >= 15 is 0 Å². The Kier molecular flexibility index (Phi) is 5.62. The predicted molar refractivity (Wildman–Crippen MR) is 75.5 cm³/mol. The van der Waals surface area contributed by atoms with Crippen LogP contribution in [0.25, 0.3) is 0 Å². The third-order valence-corrected chi connectivity index (χ3v) is 6.68. The molecule has 2 aliphatic rings. The van der Waals surface area contributed by atoms with Gasteiger partial charge in [0.25, 0.3) is 0 Å². The molecule has 0 aromatic carbocycles. The van der Waals surface area contributed by atoms with Crippen LogP contribution in [0.4, 0.5) is 0 Å². The van der Waals surface area contributed by atoms with Gasteiger partial charge in [-0.05, 0) is 32.2 Å². The van der Waals surface area contributed by atoms with Gasteiger partial charge in [-0.25, -0.2) is 8.42 Å². The van der Waals surface area contributed by atoms with Crippen LogP contribution in [0.1, 0.15) is 44.9 Å². The molecule has 19 heavy (non-hydrogen) atoms. The Morgan fingerprint density at radius 3 is 2.42 bits per heavy atom. The fourth-order valence-corrected chi connectivity index (χ4v) is 5.39. The highest BCUT2D eigenvalue weighted by Crippen LogP contribution is 2.27. The molecule has 112 valence electrons. The summed E-state index contributed by atoms with van der Waals surface area (Å²) < 4.78 is 27.1. The van der Waals surface area contributed by atoms with E-state index in [-0.39, 0.29) is 24.4 Å². The molecule has 0 radical (unpaired) electrons. The average molecular weight is 290 g/mol. The second-order valence-electron chi connectivity index (χ2n) is 5.64. The lowest BCUT2D eigenvalue weighted by atomic mass is 9.95. The summed E-state index contributed by atoms with van der Waals surface area (Å²) in [5, 5.41) is 12.1. The molecule has 1 saturated heterocycles. The van der Waals surface area contributed by atoms with Gasteiger partial charge in [-0.15, -0.1) is 0 Å². The maximum atomic E-state index is 12.7. The van der Waals surface area contributed by atoms with Crippen molar-refractivity contribution in [2.75, 3.05) is 26.2 Å². The van der Waals surface area contributed by atoms with Crippen LogP contribution in [0, 0.1) is 0 Å². The van der Waals surface area contributed by atoms with Crippen molar-refractivity contribution in [3.8, 4) is 0 Å². The van der Waals surface area contributed by atoms with Crippen molar-refractivity contribution in [2.45, 2.75) is 56.2 Å². The summed E-state index contributed by atoms with van der Waals surface area (Å²) >= 11 is 0. The first kappa shape index (κ1) is 15.2. The number of rotatable bonds is 5. The molecule has 0 aromatic heterocycles. The molecule has 0 aromatic rings. The van der Waals surface area contributed by atoms with Crippen molar-refractivity contribution in [1.82, 2.24) is 9.62 Å². The number of nitrogens with one attached hydrogen (secondary N) is 1. The zero-order valence-electron chi connectivity index (χ0n) is 11.6. The van der Waals surface area contributed by atoms with Crippen LogP contribution in [0.15, 0.2) is 0 Å². The number of nitrogens with zero attached hydrogens (tertiary/aromatic N) is 1. The van der Waals surface area contributed by atoms with E-state index in [1.807, 2.05) is 0 Å². The largest absolute Gasteiger partial charge is 0.395 e. The summed E-state index contributed by atoms with van der Waals surface area (Å²) in [5.74, 6) is 0. The van der Waals surface area contributed by atoms with Crippen LogP contribution in [-0.2, 0) is 10.0 Å². The van der Waals surface area contributed by atoms with E-state index in [0.717, 1.165) is 45.1 Å². The second kappa shape index (κ2) is 7.02. The molecule has 1 saturated carbocycles. The van der Waals surface area contributed by atoms with Gasteiger partial charge in [0.1, 0.15) is 0 Å². The van der Waals surface area contributed by atoms with E-state index in [4.69, 9.17) is 0 Å². The van der Waals surface area contributed by atoms with Crippen LogP contribution in [0.5, 0.6) is 0 Å². The van der Waals surface area contributed by atoms with Gasteiger partial charge in [-0.2, -0.15) is 4.31 Å². The fourth-order valence-electron chi connectivity index (χ4n) is 3.25. The van der Waals surface area contributed by atoms with Crippen molar-refractivity contribution in [3.63, 3.8) is 0 Å². The molecule has 0 amide bonds. The zero-order valence-corrected chi connectivity index (χ0v) is 12.4. The molecule has 1 unspecified atom stereocenters. The molecular formula is C13H26N2O3S. The van der Waals surface area contributed by atoms with Crippen LogP contribution < -0.4 is 5.32 Å². The van der Waals surface area contributed by atoms with Gasteiger partial charge in [0.2, 0.25) is 10.0 Å². The highest BCUT2D eigenvalue weighted by molar-refractivity contribution is 7.89. The molecule has 1 atom stereocenters. The topological polar surface area (TPSA) is 69.6 Å². The quantitative estimate of drug-likeness (QED) is 0.782. The first-order chi connectivity index (χ1) is 9.16. The summed E-state index contributed by atoms with van der Waals surface area (Å²) in [4.78, 5) is 0. The number of hydrogen-bond donors (Lipinski definition) is 2. The maximum Gasteiger partial charge on any atom is 0.218 e. The Bertz CT molecular complexity index is 360. The lowest BCUT2D eigenvalue weighted by molar-refractivity contribution is 0.197. The molecule has 2 rings (SSSR count). The molecule has 6 heteroatoms. The lowest BCUT2D eigenvalue weighted by Crippen LogP contribution is -2.51. The van der Waals surface area contributed by atoms with Crippen LogP contribution in [0.3, 0.4) is 0 Å². The van der Waals surface area contributed by atoms with Crippen molar-refractivity contribution >= 4 is 10.0 Å². The molecule has 1 aliphatic heterocycles. The Morgan fingerprint density at radius 1 is 1.11 bits per heavy atom. The molecule has 2 fully saturated rings. The van der Waals surface area contributed by atoms with Crippen molar-refractivity contribution < 1.29 is 13.5 Å². The van der Waals surface area contributed by atoms with Gasteiger partial charge >= 0.3 is 0 Å². The van der Waals surface area contributed by atoms with E-state index in [0.29, 0.717) is 6.54 Å². The second-order valence-corrected chi connectivity index (χ2v) is 7.81. The molecule has 1 heterocycles. The van der Waals surface area contributed by atoms with Crippen molar-refractivity contribution in [1.29, 1.82) is 0 Å². The summed E-state index contributed by atoms with van der Waals surface area (Å²) in [6, 6.07) is 0.104. The fraction of sp³-hybridized carbons (Fsp3) is 1.00. The first-order valence-electron chi connectivity index (χ1n) is 7.48. The summed E-state index contributed by atoms with van der Waals surface area (Å²) in [6.07, 6.45) is 6.95. The summed E-state index contributed by atoms with van der Waals surface area (Å²) in [7, 11) is -3.28. The number of hydrogen-bond acceptors (Lipinski definition) is 4. The Balaban J connectivity index is 2.11. The van der Waals surface area contributed by atoms with Gasteiger partial charge in [0.15, 0.2) is 0 Å². The summed E-state index contributed by atoms with van der Waals surface area (Å²) in [5.41, 5.74) is 0. The Labute approximate surface area is 116 Å². The van der Waals surface area contributed by atoms with E-state index in [2.05, 4.69) is 5.32 Å². The maximum absolute atomic E-state index is 12.7. The lowest BCUT2D eigenvalue weighted by Gasteiger charge is -2.36. The van der Waals surface area contributed by atoms with Gasteiger partial charge in [0, 0.05) is 19.1 Å². The van der Waals surface area contributed by atoms with Gasteiger partial charge in [0.05, 0.1) is 11.9 Å². The number of sulfonamides is 1. The van der Waals surface area contributed by atoms with E-state index in [1.54, 1.807) is 4.31 Å². The highest BCUT2D eigenvalue weighted by Gasteiger charge is 2.37. The molecular weight excluding hydrogens is 264 g/mol. The predicted octanol–water partition coefficient (Wildman–Crippen LogP) is 0.695. The van der Waals surface area contributed by atoms with Gasteiger partial charge in [-0.1, -0.05) is 19.3 Å². The van der Waals surface area contributed by atoms with E-state index < -0.39 is 10.0 Å². The van der Waals surface area contributed by atoms with Crippen LogP contribution in [0.2, 0.25) is 0 Å². The Morgan fingerprint density at radius 2 is 1.84 bits per heavy atom. The van der Waals surface area contributed by atoms with E-state index in [9.17, 15) is 13.5 Å². The number of aliphatic hydroxyl groups excluding tert-OH is 1. The number of aliphatic hydroxyl groups is 1. The SMILES string of the molecule is O=S(=O)(C1CCCNC1)N(CCO)C1CCCCC1. The first-order valence-corrected chi connectivity index (χ1v) is 8.99. The number of piperidine rings is 1. The monoisotopic (exact) mass is 290 g/mol. The molecule has 0 spiro atoms. The van der Waals surface area contributed by atoms with Gasteiger partial charge < -0.3 is 10.4 Å². The minimum Gasteiger partial charge on any atom is -0.395 e. The van der Waals surface area contributed by atoms with Gasteiger partial charge in [-0.3, -0.25) is 0 Å².